The Bertz CT molecular complexity index is 884. The van der Waals surface area contributed by atoms with Crippen molar-refractivity contribution in [3.8, 4) is 6.07 Å². The van der Waals surface area contributed by atoms with Crippen LogP contribution in [0.5, 0.6) is 0 Å². The Balaban J connectivity index is 1.82. The summed E-state index contributed by atoms with van der Waals surface area (Å²) in [7, 11) is -3.84. The van der Waals surface area contributed by atoms with Crippen LogP contribution in [0.15, 0.2) is 35.7 Å². The van der Waals surface area contributed by atoms with E-state index in [0.29, 0.717) is 18.4 Å². The molecule has 0 unspecified atom stereocenters. The van der Waals surface area contributed by atoms with E-state index in [1.165, 1.54) is 13.0 Å². The highest BCUT2D eigenvalue weighted by atomic mass is 32.2. The molecule has 0 spiro atoms. The van der Waals surface area contributed by atoms with E-state index in [4.69, 9.17) is 4.74 Å². The Morgan fingerprint density at radius 3 is 2.52 bits per heavy atom. The molecule has 2 rings (SSSR count). The second kappa shape index (κ2) is 10.2. The minimum Gasteiger partial charge on any atom is -0.452 e. The zero-order valence-electron chi connectivity index (χ0n) is 16.3. The molecule has 1 aliphatic carbocycles. The Labute approximate surface area is 171 Å². The van der Waals surface area contributed by atoms with Crippen LogP contribution >= 0.6 is 0 Å². The molecule has 9 heteroatoms. The van der Waals surface area contributed by atoms with Crippen molar-refractivity contribution in [2.75, 3.05) is 6.54 Å². The summed E-state index contributed by atoms with van der Waals surface area (Å²) in [5.41, 5.74) is -0.236. The molecular weight excluding hydrogens is 394 g/mol. The first kappa shape index (κ1) is 22.6. The summed E-state index contributed by atoms with van der Waals surface area (Å²) in [6, 6.07) is 11.0. The highest BCUT2D eigenvalue weighted by molar-refractivity contribution is 7.92. The van der Waals surface area contributed by atoms with Gasteiger partial charge in [0, 0.05) is 5.41 Å². The van der Waals surface area contributed by atoms with E-state index in [2.05, 4.69) is 16.1 Å². The average Bonchev–Trinajstić information content (AvgIpc) is 2.72. The van der Waals surface area contributed by atoms with E-state index >= 15 is 0 Å². The zero-order valence-corrected chi connectivity index (χ0v) is 17.1. The lowest BCUT2D eigenvalue weighted by Crippen LogP contribution is -2.52. The van der Waals surface area contributed by atoms with Crippen LogP contribution in [0, 0.1) is 11.3 Å². The van der Waals surface area contributed by atoms with E-state index in [-0.39, 0.29) is 0 Å². The highest BCUT2D eigenvalue weighted by Gasteiger charge is 2.35. The number of amides is 1. The number of nitrogens with one attached hydrogen (secondary N) is 2. The minimum absolute atomic E-state index is 0.559. The third-order valence-corrected chi connectivity index (χ3v) is 5.66. The van der Waals surface area contributed by atoms with Crippen LogP contribution in [0.25, 0.3) is 6.08 Å². The SMILES string of the molecule is C[C@@H](OC(=O)CNS(=O)(=O)/C=C/c1ccccc1)C(=O)NC1(C#N)CCCCC1. The lowest BCUT2D eigenvalue weighted by Gasteiger charge is -2.32. The third-order valence-electron chi connectivity index (χ3n) is 4.62. The number of rotatable bonds is 8. The lowest BCUT2D eigenvalue weighted by atomic mass is 9.83. The first-order valence-corrected chi connectivity index (χ1v) is 11.0. The zero-order chi connectivity index (χ0) is 21.3. The predicted molar refractivity (Wildman–Crippen MR) is 108 cm³/mol. The molecule has 0 heterocycles. The van der Waals surface area contributed by atoms with Gasteiger partial charge in [0.05, 0.1) is 6.07 Å². The normalized spacial score (nSPS) is 17.2. The topological polar surface area (TPSA) is 125 Å². The molecule has 0 radical (unpaired) electrons. The maximum absolute atomic E-state index is 12.3. The van der Waals surface area contributed by atoms with Crippen LogP contribution in [-0.2, 0) is 24.3 Å². The fraction of sp³-hybridized carbons (Fsp3) is 0.450. The molecular formula is C20H25N3O5S. The number of nitriles is 1. The Morgan fingerprint density at radius 2 is 1.90 bits per heavy atom. The molecule has 1 aliphatic rings. The number of nitrogens with zero attached hydrogens (tertiary/aromatic N) is 1. The van der Waals surface area contributed by atoms with Crippen LogP contribution in [0.2, 0.25) is 0 Å². The first-order chi connectivity index (χ1) is 13.8. The molecule has 0 aromatic heterocycles. The van der Waals surface area contributed by atoms with Crippen LogP contribution in [0.4, 0.5) is 0 Å². The van der Waals surface area contributed by atoms with Gasteiger partial charge >= 0.3 is 5.97 Å². The van der Waals surface area contributed by atoms with Gasteiger partial charge in [-0.25, -0.2) is 13.1 Å². The fourth-order valence-corrected chi connectivity index (χ4v) is 3.74. The maximum atomic E-state index is 12.3. The quantitative estimate of drug-likeness (QED) is 0.620. The van der Waals surface area contributed by atoms with Crippen molar-refractivity contribution >= 4 is 28.0 Å². The molecule has 29 heavy (non-hydrogen) atoms. The summed E-state index contributed by atoms with van der Waals surface area (Å²) in [6.45, 7) is 0.771. The number of sulfonamides is 1. The van der Waals surface area contributed by atoms with Crippen LogP contribution in [0.3, 0.4) is 0 Å². The molecule has 0 aliphatic heterocycles. The van der Waals surface area contributed by atoms with Gasteiger partial charge in [-0.2, -0.15) is 5.26 Å². The average molecular weight is 420 g/mol. The number of ether oxygens (including phenoxy) is 1. The van der Waals surface area contributed by atoms with Crippen molar-refractivity contribution in [1.82, 2.24) is 10.0 Å². The molecule has 1 amide bonds. The van der Waals surface area contributed by atoms with Gasteiger partial charge in [-0.1, -0.05) is 49.6 Å². The summed E-state index contributed by atoms with van der Waals surface area (Å²) >= 11 is 0. The van der Waals surface area contributed by atoms with E-state index in [1.807, 2.05) is 6.07 Å². The van der Waals surface area contributed by atoms with E-state index in [1.54, 1.807) is 24.3 Å². The molecule has 1 saturated carbocycles. The summed E-state index contributed by atoms with van der Waals surface area (Å²) in [4.78, 5) is 24.2. The van der Waals surface area contributed by atoms with Crippen molar-refractivity contribution in [1.29, 1.82) is 5.26 Å². The summed E-state index contributed by atoms with van der Waals surface area (Å²) in [5, 5.41) is 13.0. The lowest BCUT2D eigenvalue weighted by molar-refractivity contribution is -0.154. The molecule has 1 fully saturated rings. The Kier molecular flexibility index (Phi) is 7.93. The van der Waals surface area contributed by atoms with E-state index in [0.717, 1.165) is 24.7 Å². The van der Waals surface area contributed by atoms with E-state index < -0.39 is 40.1 Å². The van der Waals surface area contributed by atoms with E-state index in [9.17, 15) is 23.3 Å². The Morgan fingerprint density at radius 1 is 1.24 bits per heavy atom. The van der Waals surface area contributed by atoms with Gasteiger partial charge in [-0.3, -0.25) is 9.59 Å². The van der Waals surface area contributed by atoms with Crippen molar-refractivity contribution < 1.29 is 22.7 Å². The number of hydrogen-bond acceptors (Lipinski definition) is 6. The van der Waals surface area contributed by atoms with Gasteiger partial charge in [0.1, 0.15) is 12.1 Å². The molecule has 2 N–H and O–H groups in total. The molecule has 1 aromatic carbocycles. The van der Waals surface area contributed by atoms with Crippen molar-refractivity contribution in [3.63, 3.8) is 0 Å². The van der Waals surface area contributed by atoms with Crippen LogP contribution in [-0.4, -0.2) is 38.5 Å². The molecule has 8 nitrogen and oxygen atoms in total. The maximum Gasteiger partial charge on any atom is 0.321 e. The largest absolute Gasteiger partial charge is 0.452 e. The smallest absolute Gasteiger partial charge is 0.321 e. The fourth-order valence-electron chi connectivity index (χ4n) is 2.99. The molecule has 156 valence electrons. The van der Waals surface area contributed by atoms with Gasteiger partial charge in [-0.05, 0) is 31.4 Å². The van der Waals surface area contributed by atoms with Crippen molar-refractivity contribution in [2.24, 2.45) is 0 Å². The van der Waals surface area contributed by atoms with Gasteiger partial charge in [0.15, 0.2) is 6.10 Å². The number of esters is 1. The minimum atomic E-state index is -3.84. The number of carbonyl (C=O) groups excluding carboxylic acids is 2. The number of hydrogen-bond donors (Lipinski definition) is 2. The summed E-state index contributed by atoms with van der Waals surface area (Å²) in [6.07, 6.45) is 4.09. The van der Waals surface area contributed by atoms with Crippen molar-refractivity contribution in [2.45, 2.75) is 50.7 Å². The van der Waals surface area contributed by atoms with Gasteiger partial charge < -0.3 is 10.1 Å². The summed E-state index contributed by atoms with van der Waals surface area (Å²) in [5.74, 6) is -1.47. The first-order valence-electron chi connectivity index (χ1n) is 9.41. The third kappa shape index (κ3) is 7.33. The van der Waals surface area contributed by atoms with Crippen LogP contribution in [0.1, 0.15) is 44.6 Å². The van der Waals surface area contributed by atoms with Crippen molar-refractivity contribution in [3.05, 3.63) is 41.3 Å². The number of benzene rings is 1. The monoisotopic (exact) mass is 419 g/mol. The second-order valence-electron chi connectivity index (χ2n) is 6.96. The number of carbonyl (C=O) groups is 2. The highest BCUT2D eigenvalue weighted by Crippen LogP contribution is 2.27. The predicted octanol–water partition coefficient (Wildman–Crippen LogP) is 1.85. The van der Waals surface area contributed by atoms with Gasteiger partial charge in [0.2, 0.25) is 10.0 Å². The molecule has 1 atom stereocenters. The molecule has 1 aromatic rings. The van der Waals surface area contributed by atoms with Crippen LogP contribution < -0.4 is 10.0 Å². The van der Waals surface area contributed by atoms with Gasteiger partial charge in [-0.15, -0.1) is 0 Å². The van der Waals surface area contributed by atoms with Gasteiger partial charge in [0.25, 0.3) is 5.91 Å². The Hall–Kier alpha value is -2.70. The molecule has 0 bridgehead atoms. The standard InChI is InChI=1S/C20H25N3O5S/c1-16(19(25)23-20(15-21)11-6-3-7-12-20)28-18(24)14-22-29(26,27)13-10-17-8-4-2-5-9-17/h2,4-5,8-10,13,16,22H,3,6-7,11-12,14H2,1H3,(H,23,25)/b13-10+/t16-/m1/s1. The molecule has 0 saturated heterocycles. The second-order valence-corrected chi connectivity index (χ2v) is 8.61. The summed E-state index contributed by atoms with van der Waals surface area (Å²) < 4.78 is 31.0.